The number of nitrogens with one attached hydrogen (secondary N) is 1. The fraction of sp³-hybridized carbons (Fsp3) is 0.308. The van der Waals surface area contributed by atoms with Crippen molar-refractivity contribution in [3.63, 3.8) is 0 Å². The molecule has 3 unspecified atom stereocenters. The first-order chi connectivity index (χ1) is 17.2. The van der Waals surface area contributed by atoms with Crippen molar-refractivity contribution >= 4 is 17.4 Å². The van der Waals surface area contributed by atoms with E-state index in [0.717, 1.165) is 11.6 Å². The number of nitrogens with zero attached hydrogens (tertiary/aromatic N) is 1. The van der Waals surface area contributed by atoms with Crippen LogP contribution in [-0.4, -0.2) is 38.0 Å². The molecule has 0 saturated heterocycles. The summed E-state index contributed by atoms with van der Waals surface area (Å²) in [5.41, 5.74) is 1.52. The smallest absolute Gasteiger partial charge is 0.315 e. The van der Waals surface area contributed by atoms with Gasteiger partial charge in [0.25, 0.3) is 5.69 Å². The van der Waals surface area contributed by atoms with Crippen LogP contribution in [0.5, 0.6) is 17.2 Å². The van der Waals surface area contributed by atoms with E-state index >= 15 is 0 Å². The summed E-state index contributed by atoms with van der Waals surface area (Å²) in [4.78, 5) is 37.3. The average molecular weight is 493 g/mol. The summed E-state index contributed by atoms with van der Waals surface area (Å²) in [7, 11) is 3.99. The van der Waals surface area contributed by atoms with Crippen LogP contribution in [0.3, 0.4) is 0 Å². The van der Waals surface area contributed by atoms with E-state index in [1.165, 1.54) is 20.3 Å². The molecule has 0 spiro atoms. The van der Waals surface area contributed by atoms with E-state index in [1.54, 1.807) is 7.11 Å². The van der Waals surface area contributed by atoms with Crippen LogP contribution in [0.1, 0.15) is 35.8 Å². The minimum Gasteiger partial charge on any atom is -0.865 e. The van der Waals surface area contributed by atoms with E-state index in [-0.39, 0.29) is 35.1 Å². The van der Waals surface area contributed by atoms with Gasteiger partial charge >= 0.3 is 5.97 Å². The molecule has 1 N–H and O–H groups in total. The zero-order chi connectivity index (χ0) is 26.1. The topological polar surface area (TPSA) is 140 Å². The van der Waals surface area contributed by atoms with E-state index in [9.17, 15) is 24.8 Å². The highest BCUT2D eigenvalue weighted by atomic mass is 16.6. The van der Waals surface area contributed by atoms with Gasteiger partial charge in [-0.15, -0.1) is 0 Å². The number of Topliss-reactive ketones (excluding diaryl/α,β-unsaturated/α-hetero) is 1. The number of nitro benzene ring substituents is 1. The van der Waals surface area contributed by atoms with Crippen LogP contribution in [0, 0.1) is 16.0 Å². The maximum Gasteiger partial charge on any atom is 0.315 e. The SMILES string of the molecule is C=C1NC2=C(C(=O)CC(c3ccccc3OC)C2)C(c2cc(OC)c([O-])c([N+](=O)[O-])c2)C1C(=O)OC. The van der Waals surface area contributed by atoms with Gasteiger partial charge in [0.2, 0.25) is 0 Å². The van der Waals surface area contributed by atoms with Crippen molar-refractivity contribution in [1.82, 2.24) is 5.32 Å². The molecule has 0 radical (unpaired) electrons. The van der Waals surface area contributed by atoms with Crippen LogP contribution in [0.2, 0.25) is 0 Å². The first kappa shape index (κ1) is 24.8. The lowest BCUT2D eigenvalue weighted by Gasteiger charge is -2.40. The summed E-state index contributed by atoms with van der Waals surface area (Å²) in [5.74, 6) is -3.61. The van der Waals surface area contributed by atoms with Gasteiger partial charge in [0.05, 0.1) is 26.3 Å². The Bertz CT molecular complexity index is 1300. The Hall–Kier alpha value is -4.34. The molecule has 3 atom stereocenters. The Morgan fingerprint density at radius 2 is 1.81 bits per heavy atom. The minimum atomic E-state index is -1.05. The van der Waals surface area contributed by atoms with E-state index in [0.29, 0.717) is 23.4 Å². The van der Waals surface area contributed by atoms with E-state index in [4.69, 9.17) is 14.2 Å². The second kappa shape index (κ2) is 9.73. The maximum absolute atomic E-state index is 13.7. The fourth-order valence-corrected chi connectivity index (χ4v) is 5.11. The summed E-state index contributed by atoms with van der Waals surface area (Å²) in [6, 6.07) is 9.85. The highest BCUT2D eigenvalue weighted by Gasteiger charge is 2.46. The maximum atomic E-state index is 13.7. The van der Waals surface area contributed by atoms with Gasteiger partial charge in [-0.25, -0.2) is 0 Å². The molecule has 36 heavy (non-hydrogen) atoms. The van der Waals surface area contributed by atoms with Crippen molar-refractivity contribution in [2.75, 3.05) is 21.3 Å². The van der Waals surface area contributed by atoms with Crippen molar-refractivity contribution in [2.45, 2.75) is 24.7 Å². The minimum absolute atomic E-state index is 0.136. The lowest BCUT2D eigenvalue weighted by atomic mass is 9.69. The quantitative estimate of drug-likeness (QED) is 0.365. The molecule has 0 bridgehead atoms. The molecule has 0 aromatic heterocycles. The van der Waals surface area contributed by atoms with Gasteiger partial charge in [0, 0.05) is 47.0 Å². The van der Waals surface area contributed by atoms with Crippen molar-refractivity contribution in [3.05, 3.63) is 81.2 Å². The van der Waals surface area contributed by atoms with Gasteiger partial charge in [0.15, 0.2) is 5.78 Å². The number of esters is 1. The number of carbonyl (C=O) groups is 2. The van der Waals surface area contributed by atoms with Crippen LogP contribution in [0.4, 0.5) is 5.69 Å². The number of hydrogen-bond donors (Lipinski definition) is 1. The van der Waals surface area contributed by atoms with Crippen molar-refractivity contribution in [1.29, 1.82) is 0 Å². The van der Waals surface area contributed by atoms with Gasteiger partial charge < -0.3 is 24.6 Å². The molecule has 10 nitrogen and oxygen atoms in total. The summed E-state index contributed by atoms with van der Waals surface area (Å²) < 4.78 is 15.6. The number of ketones is 1. The number of rotatable bonds is 6. The molecule has 2 aliphatic rings. The van der Waals surface area contributed by atoms with Crippen LogP contribution in [-0.2, 0) is 14.3 Å². The van der Waals surface area contributed by atoms with Gasteiger partial charge in [-0.05, 0) is 29.7 Å². The summed E-state index contributed by atoms with van der Waals surface area (Å²) in [6.45, 7) is 4.00. The molecule has 0 fully saturated rings. The molecular weight excluding hydrogens is 468 g/mol. The fourth-order valence-electron chi connectivity index (χ4n) is 5.11. The summed E-state index contributed by atoms with van der Waals surface area (Å²) >= 11 is 0. The largest absolute Gasteiger partial charge is 0.865 e. The Morgan fingerprint density at radius 1 is 1.11 bits per heavy atom. The number of methoxy groups -OCH3 is 3. The molecule has 1 aliphatic heterocycles. The number of carbonyl (C=O) groups excluding carboxylic acids is 2. The predicted octanol–water partition coefficient (Wildman–Crippen LogP) is 3.08. The standard InChI is InChI=1S/C26H26N2O8/c1-13-22(26(31)36-4)23(15-10-18(28(32)33)25(30)21(12-15)35-3)24-17(27-13)9-14(11-19(24)29)16-7-5-6-8-20(16)34-2/h5-8,10,12,14,22-23,27,30H,1,9,11H2,2-4H3/p-1. The number of hydrogen-bond acceptors (Lipinski definition) is 9. The highest BCUT2D eigenvalue weighted by Crippen LogP contribution is 2.50. The number of nitro groups is 1. The molecule has 0 amide bonds. The lowest BCUT2D eigenvalue weighted by molar-refractivity contribution is -0.398. The van der Waals surface area contributed by atoms with Gasteiger partial charge in [0.1, 0.15) is 17.4 Å². The normalized spacial score (nSPS) is 21.4. The number of para-hydroxylation sites is 1. The van der Waals surface area contributed by atoms with E-state index < -0.39 is 34.2 Å². The second-order valence-electron chi connectivity index (χ2n) is 8.62. The van der Waals surface area contributed by atoms with Crippen molar-refractivity contribution < 1.29 is 33.8 Å². The molecule has 1 heterocycles. The van der Waals surface area contributed by atoms with Crippen LogP contribution in [0.25, 0.3) is 0 Å². The van der Waals surface area contributed by atoms with Crippen molar-refractivity contribution in [3.8, 4) is 17.2 Å². The third-order valence-electron chi connectivity index (χ3n) is 6.71. The van der Waals surface area contributed by atoms with Gasteiger partial charge in [-0.1, -0.05) is 24.8 Å². The Morgan fingerprint density at radius 3 is 2.44 bits per heavy atom. The van der Waals surface area contributed by atoms with Crippen LogP contribution >= 0.6 is 0 Å². The molecule has 0 saturated carbocycles. The Kier molecular flexibility index (Phi) is 6.69. The highest BCUT2D eigenvalue weighted by molar-refractivity contribution is 6.01. The van der Waals surface area contributed by atoms with Crippen molar-refractivity contribution in [2.24, 2.45) is 5.92 Å². The lowest BCUT2D eigenvalue weighted by Crippen LogP contribution is -2.42. The number of ether oxygens (including phenoxy) is 3. The van der Waals surface area contributed by atoms with Crippen LogP contribution < -0.4 is 19.9 Å². The first-order valence-electron chi connectivity index (χ1n) is 11.2. The third-order valence-corrected chi connectivity index (χ3v) is 6.71. The predicted molar refractivity (Wildman–Crippen MR) is 127 cm³/mol. The molecule has 2 aromatic rings. The number of benzene rings is 2. The first-order valence-corrected chi connectivity index (χ1v) is 11.2. The second-order valence-corrected chi connectivity index (χ2v) is 8.62. The van der Waals surface area contributed by atoms with Crippen LogP contribution in [0.15, 0.2) is 59.9 Å². The molecule has 188 valence electrons. The zero-order valence-electron chi connectivity index (χ0n) is 20.0. The Balaban J connectivity index is 1.90. The average Bonchev–Trinajstić information content (AvgIpc) is 2.87. The third kappa shape index (κ3) is 4.15. The zero-order valence-corrected chi connectivity index (χ0v) is 20.0. The molecule has 10 heteroatoms. The van der Waals surface area contributed by atoms with Gasteiger partial charge in [-0.2, -0.15) is 0 Å². The number of allylic oxidation sites excluding steroid dienone is 2. The summed E-state index contributed by atoms with van der Waals surface area (Å²) in [6.07, 6.45) is 0.556. The molecular formula is C26H25N2O8-. The molecule has 1 aliphatic carbocycles. The molecule has 2 aromatic carbocycles. The monoisotopic (exact) mass is 493 g/mol. The van der Waals surface area contributed by atoms with Gasteiger partial charge in [-0.3, -0.25) is 19.7 Å². The van der Waals surface area contributed by atoms with E-state index in [2.05, 4.69) is 11.9 Å². The summed E-state index contributed by atoms with van der Waals surface area (Å²) in [5, 5.41) is 27.2. The Labute approximate surface area is 207 Å². The molecule has 4 rings (SSSR count). The van der Waals surface area contributed by atoms with E-state index in [1.807, 2.05) is 24.3 Å².